The van der Waals surface area contributed by atoms with E-state index in [1.807, 2.05) is 13.0 Å². The van der Waals surface area contributed by atoms with E-state index in [0.29, 0.717) is 5.56 Å². The number of nitrogens with zero attached hydrogens (tertiary/aromatic N) is 2. The molecule has 2 aliphatic rings. The third-order valence-corrected chi connectivity index (χ3v) is 5.20. The molecule has 1 aliphatic heterocycles. The second-order valence-corrected chi connectivity index (χ2v) is 6.77. The Labute approximate surface area is 147 Å². The van der Waals surface area contributed by atoms with Gasteiger partial charge in [0, 0.05) is 5.56 Å². The molecule has 3 atom stereocenters. The van der Waals surface area contributed by atoms with E-state index in [1.54, 1.807) is 12.1 Å². The van der Waals surface area contributed by atoms with Gasteiger partial charge in [-0.1, -0.05) is 12.1 Å². The Balaban J connectivity index is 1.62. The van der Waals surface area contributed by atoms with Crippen molar-refractivity contribution in [3.8, 4) is 11.5 Å². The lowest BCUT2D eigenvalue weighted by atomic mass is 9.77. The first-order valence-corrected chi connectivity index (χ1v) is 8.40. The third-order valence-electron chi connectivity index (χ3n) is 5.20. The summed E-state index contributed by atoms with van der Waals surface area (Å²) < 4.78 is 42.9. The number of carbonyl (C=O) groups is 1. The van der Waals surface area contributed by atoms with Crippen LogP contribution in [0.15, 0.2) is 22.6 Å². The second kappa shape index (κ2) is 6.00. The molecule has 1 saturated carbocycles. The number of aromatic nitrogens is 2. The van der Waals surface area contributed by atoms with Crippen LogP contribution in [0.3, 0.4) is 0 Å². The van der Waals surface area contributed by atoms with Gasteiger partial charge in [-0.3, -0.25) is 0 Å². The molecular weight excluding hydrogens is 349 g/mol. The number of amides is 2. The van der Waals surface area contributed by atoms with E-state index in [9.17, 15) is 18.0 Å². The van der Waals surface area contributed by atoms with Gasteiger partial charge < -0.3 is 15.1 Å². The van der Waals surface area contributed by atoms with Crippen LogP contribution in [0.1, 0.15) is 42.2 Å². The van der Waals surface area contributed by atoms with Crippen LogP contribution in [0.2, 0.25) is 0 Å². The van der Waals surface area contributed by atoms with Gasteiger partial charge in [0.05, 0.1) is 12.1 Å². The maximum absolute atomic E-state index is 12.7. The van der Waals surface area contributed by atoms with Gasteiger partial charge >= 0.3 is 18.1 Å². The smallest absolute Gasteiger partial charge is 0.413 e. The average molecular weight is 366 g/mol. The molecule has 4 rings (SSSR count). The Kier molecular flexibility index (Phi) is 3.89. The van der Waals surface area contributed by atoms with Crippen LogP contribution >= 0.6 is 0 Å². The number of nitrogens with one attached hydrogen (secondary N) is 2. The van der Waals surface area contributed by atoms with Crippen molar-refractivity contribution in [1.29, 1.82) is 0 Å². The van der Waals surface area contributed by atoms with Crippen molar-refractivity contribution in [2.75, 3.05) is 0 Å². The van der Waals surface area contributed by atoms with Crippen molar-refractivity contribution >= 4 is 6.03 Å². The maximum atomic E-state index is 12.7. The summed E-state index contributed by atoms with van der Waals surface area (Å²) in [6.07, 6.45) is -2.13. The number of hydrogen-bond acceptors (Lipinski definition) is 4. The standard InChI is InChI=1S/C17H17F3N4O2/c1-8-10(9-5-6-12-13(7-9)22-16(25)21-12)3-2-4-11(8)14-23-24-15(26-14)17(18,19)20/h2-4,9,12-13H,5-7H2,1H3,(H2,21,22,25). The number of alkyl halides is 3. The lowest BCUT2D eigenvalue weighted by molar-refractivity contribution is -0.156. The molecule has 2 fully saturated rings. The molecule has 1 aromatic carbocycles. The molecule has 2 aromatic rings. The molecule has 138 valence electrons. The highest BCUT2D eigenvalue weighted by Crippen LogP contribution is 2.39. The zero-order valence-electron chi connectivity index (χ0n) is 13.9. The predicted molar refractivity (Wildman–Crippen MR) is 85.3 cm³/mol. The van der Waals surface area contributed by atoms with Gasteiger partial charge in [0.2, 0.25) is 5.89 Å². The summed E-state index contributed by atoms with van der Waals surface area (Å²) in [4.78, 5) is 11.5. The molecule has 1 aromatic heterocycles. The highest BCUT2D eigenvalue weighted by molar-refractivity contribution is 5.77. The fraction of sp³-hybridized carbons (Fsp3) is 0.471. The minimum Gasteiger partial charge on any atom is -0.413 e. The fourth-order valence-electron chi connectivity index (χ4n) is 3.94. The van der Waals surface area contributed by atoms with Gasteiger partial charge in [0.1, 0.15) is 0 Å². The number of hydrogen-bond donors (Lipinski definition) is 2. The molecule has 9 heteroatoms. The summed E-state index contributed by atoms with van der Waals surface area (Å²) in [7, 11) is 0. The van der Waals surface area contributed by atoms with E-state index in [-0.39, 0.29) is 29.9 Å². The first-order chi connectivity index (χ1) is 12.3. The van der Waals surface area contributed by atoms with E-state index in [0.717, 1.165) is 30.4 Å². The van der Waals surface area contributed by atoms with E-state index in [4.69, 9.17) is 4.42 Å². The Morgan fingerprint density at radius 2 is 1.92 bits per heavy atom. The lowest BCUT2D eigenvalue weighted by Crippen LogP contribution is -2.39. The van der Waals surface area contributed by atoms with Crippen LogP contribution < -0.4 is 10.6 Å². The quantitative estimate of drug-likeness (QED) is 0.854. The monoisotopic (exact) mass is 366 g/mol. The molecule has 1 aliphatic carbocycles. The molecule has 0 radical (unpaired) electrons. The number of urea groups is 1. The Bertz CT molecular complexity index is 849. The van der Waals surface area contributed by atoms with Gasteiger partial charge in [0.25, 0.3) is 0 Å². The van der Waals surface area contributed by atoms with Crippen LogP contribution in [0, 0.1) is 6.92 Å². The molecule has 1 saturated heterocycles. The summed E-state index contributed by atoms with van der Waals surface area (Å²) in [5, 5.41) is 12.5. The van der Waals surface area contributed by atoms with Crippen molar-refractivity contribution in [3.05, 3.63) is 35.2 Å². The zero-order valence-corrected chi connectivity index (χ0v) is 13.9. The minimum absolute atomic E-state index is 0.0737. The number of halogens is 3. The van der Waals surface area contributed by atoms with E-state index in [2.05, 4.69) is 20.8 Å². The van der Waals surface area contributed by atoms with Gasteiger partial charge in [-0.25, -0.2) is 4.79 Å². The minimum atomic E-state index is -4.66. The first-order valence-electron chi connectivity index (χ1n) is 8.40. The van der Waals surface area contributed by atoms with Crippen LogP contribution in [0.5, 0.6) is 0 Å². The number of fused-ring (bicyclic) bond motifs is 1. The summed E-state index contributed by atoms with van der Waals surface area (Å²) in [6.45, 7) is 1.85. The molecule has 2 amide bonds. The summed E-state index contributed by atoms with van der Waals surface area (Å²) in [5.41, 5.74) is 2.36. The normalized spacial score (nSPS) is 25.5. The average Bonchev–Trinajstić information content (AvgIpc) is 3.19. The number of carbonyl (C=O) groups excluding carboxylic acids is 1. The molecule has 6 nitrogen and oxygen atoms in total. The molecular formula is C17H17F3N4O2. The topological polar surface area (TPSA) is 80.1 Å². The molecule has 0 spiro atoms. The molecule has 2 N–H and O–H groups in total. The first kappa shape index (κ1) is 16.9. The maximum Gasteiger partial charge on any atom is 0.470 e. The van der Waals surface area contributed by atoms with E-state index in [1.165, 1.54) is 0 Å². The molecule has 3 unspecified atom stereocenters. The van der Waals surface area contributed by atoms with E-state index < -0.39 is 12.1 Å². The van der Waals surface area contributed by atoms with Crippen molar-refractivity contribution in [3.63, 3.8) is 0 Å². The summed E-state index contributed by atoms with van der Waals surface area (Å²) >= 11 is 0. The summed E-state index contributed by atoms with van der Waals surface area (Å²) in [6, 6.07) is 5.51. The summed E-state index contributed by atoms with van der Waals surface area (Å²) in [5.74, 6) is -1.28. The highest BCUT2D eigenvalue weighted by atomic mass is 19.4. The molecule has 2 heterocycles. The van der Waals surface area contributed by atoms with Crippen molar-refractivity contribution in [2.45, 2.75) is 50.4 Å². The number of benzene rings is 1. The van der Waals surface area contributed by atoms with Crippen molar-refractivity contribution in [1.82, 2.24) is 20.8 Å². The largest absolute Gasteiger partial charge is 0.470 e. The zero-order chi connectivity index (χ0) is 18.5. The van der Waals surface area contributed by atoms with Crippen LogP contribution in [-0.4, -0.2) is 28.3 Å². The van der Waals surface area contributed by atoms with Crippen LogP contribution in [0.4, 0.5) is 18.0 Å². The van der Waals surface area contributed by atoms with Crippen LogP contribution in [-0.2, 0) is 6.18 Å². The van der Waals surface area contributed by atoms with Crippen LogP contribution in [0.25, 0.3) is 11.5 Å². The Morgan fingerprint density at radius 1 is 1.15 bits per heavy atom. The van der Waals surface area contributed by atoms with Crippen molar-refractivity contribution in [2.24, 2.45) is 0 Å². The molecule has 0 bridgehead atoms. The van der Waals surface area contributed by atoms with Crippen molar-refractivity contribution < 1.29 is 22.4 Å². The Morgan fingerprint density at radius 3 is 2.65 bits per heavy atom. The van der Waals surface area contributed by atoms with Gasteiger partial charge in [-0.2, -0.15) is 13.2 Å². The van der Waals surface area contributed by atoms with Gasteiger partial charge in [-0.05, 0) is 49.3 Å². The van der Waals surface area contributed by atoms with E-state index >= 15 is 0 Å². The molecule has 26 heavy (non-hydrogen) atoms. The Hall–Kier alpha value is -2.58. The predicted octanol–water partition coefficient (Wildman–Crippen LogP) is 3.38. The van der Waals surface area contributed by atoms with Gasteiger partial charge in [0.15, 0.2) is 0 Å². The fourth-order valence-corrected chi connectivity index (χ4v) is 3.94. The van der Waals surface area contributed by atoms with Gasteiger partial charge in [-0.15, -0.1) is 10.2 Å². The SMILES string of the molecule is Cc1c(-c2nnc(C(F)(F)F)o2)cccc1C1CCC2NC(=O)NC2C1. The highest BCUT2D eigenvalue weighted by Gasteiger charge is 2.39. The number of rotatable bonds is 2. The lowest BCUT2D eigenvalue weighted by Gasteiger charge is -2.31. The second-order valence-electron chi connectivity index (χ2n) is 6.77. The third kappa shape index (κ3) is 2.91.